The van der Waals surface area contributed by atoms with Crippen LogP contribution in [0.5, 0.6) is 0 Å². The lowest BCUT2D eigenvalue weighted by Crippen LogP contribution is -2.29. The van der Waals surface area contributed by atoms with Gasteiger partial charge in [0.05, 0.1) is 6.54 Å². The highest BCUT2D eigenvalue weighted by Crippen LogP contribution is 2.17. The number of rotatable bonds is 8. The topological polar surface area (TPSA) is 84.2 Å². The Morgan fingerprint density at radius 2 is 1.80 bits per heavy atom. The van der Waals surface area contributed by atoms with Gasteiger partial charge < -0.3 is 16.4 Å². The van der Waals surface area contributed by atoms with Gasteiger partial charge in [-0.05, 0) is 31.5 Å². The molecule has 1 aromatic rings. The summed E-state index contributed by atoms with van der Waals surface area (Å²) < 4.78 is 26.5. The van der Waals surface area contributed by atoms with E-state index in [9.17, 15) is 18.4 Å². The smallest absolute Gasteiger partial charge is 0.238 e. The molecule has 0 fully saturated rings. The summed E-state index contributed by atoms with van der Waals surface area (Å²) in [4.78, 5) is 22.0. The van der Waals surface area contributed by atoms with Gasteiger partial charge in [0.2, 0.25) is 11.8 Å². The van der Waals surface area contributed by atoms with Crippen molar-refractivity contribution in [2.75, 3.05) is 18.4 Å². The van der Waals surface area contributed by atoms with E-state index in [0.717, 1.165) is 12.1 Å². The van der Waals surface area contributed by atoms with Crippen LogP contribution in [0.3, 0.4) is 0 Å². The van der Waals surface area contributed by atoms with E-state index in [0.29, 0.717) is 25.8 Å². The molecule has 0 heterocycles. The fraction of sp³-hybridized carbons (Fsp3) is 0.385. The number of benzene rings is 1. The summed E-state index contributed by atoms with van der Waals surface area (Å²) in [7, 11) is 0. The Balaban J connectivity index is 2.25. The number of nitrogens with one attached hydrogen (secondary N) is 2. The lowest BCUT2D eigenvalue weighted by atomic mass is 10.2. The normalized spacial score (nSPS) is 10.3. The minimum absolute atomic E-state index is 0.0651. The van der Waals surface area contributed by atoms with Gasteiger partial charge in [0.25, 0.3) is 0 Å². The molecule has 0 atom stereocenters. The number of primary amides is 1. The van der Waals surface area contributed by atoms with Gasteiger partial charge in [0.1, 0.15) is 17.3 Å². The van der Waals surface area contributed by atoms with Crippen molar-refractivity contribution in [3.8, 4) is 0 Å². The maximum Gasteiger partial charge on any atom is 0.238 e. The van der Waals surface area contributed by atoms with Crippen molar-refractivity contribution in [2.24, 2.45) is 5.73 Å². The van der Waals surface area contributed by atoms with Crippen molar-refractivity contribution in [1.29, 1.82) is 0 Å². The molecule has 0 aromatic heterocycles. The van der Waals surface area contributed by atoms with Crippen LogP contribution in [0.4, 0.5) is 14.5 Å². The SMILES string of the molecule is NC(=O)CCCCNCC(=O)Nc1c(F)cccc1F. The van der Waals surface area contributed by atoms with Crippen LogP contribution in [0.2, 0.25) is 0 Å². The number of carbonyl (C=O) groups is 2. The molecule has 20 heavy (non-hydrogen) atoms. The third-order valence-corrected chi connectivity index (χ3v) is 2.54. The summed E-state index contributed by atoms with van der Waals surface area (Å²) in [6.07, 6.45) is 1.62. The van der Waals surface area contributed by atoms with Gasteiger partial charge in [-0.2, -0.15) is 0 Å². The Bertz CT molecular complexity index is 460. The van der Waals surface area contributed by atoms with Crippen molar-refractivity contribution in [2.45, 2.75) is 19.3 Å². The zero-order valence-corrected chi connectivity index (χ0v) is 10.9. The first-order chi connectivity index (χ1) is 9.50. The van der Waals surface area contributed by atoms with Crippen LogP contribution in [0.25, 0.3) is 0 Å². The second-order valence-electron chi connectivity index (χ2n) is 4.25. The molecule has 0 saturated carbocycles. The summed E-state index contributed by atoms with van der Waals surface area (Å²) in [5.41, 5.74) is 4.52. The minimum atomic E-state index is -0.820. The predicted octanol–water partition coefficient (Wildman–Crippen LogP) is 1.15. The molecule has 0 unspecified atom stereocenters. The number of anilines is 1. The van der Waals surface area contributed by atoms with Gasteiger partial charge in [0, 0.05) is 6.42 Å². The first-order valence-electron chi connectivity index (χ1n) is 6.23. The summed E-state index contributed by atoms with van der Waals surface area (Å²) in [5.74, 6) is -2.54. The van der Waals surface area contributed by atoms with E-state index in [-0.39, 0.29) is 12.5 Å². The molecule has 5 nitrogen and oxygen atoms in total. The maximum atomic E-state index is 13.3. The van der Waals surface area contributed by atoms with Crippen molar-refractivity contribution < 1.29 is 18.4 Å². The molecule has 0 aliphatic rings. The van der Waals surface area contributed by atoms with E-state index in [4.69, 9.17) is 5.73 Å². The zero-order valence-electron chi connectivity index (χ0n) is 10.9. The predicted molar refractivity (Wildman–Crippen MR) is 70.9 cm³/mol. The molecular weight excluding hydrogens is 268 g/mol. The maximum absolute atomic E-state index is 13.3. The molecule has 1 rings (SSSR count). The first-order valence-corrected chi connectivity index (χ1v) is 6.23. The fourth-order valence-electron chi connectivity index (χ4n) is 1.55. The summed E-state index contributed by atoms with van der Waals surface area (Å²) >= 11 is 0. The molecule has 0 saturated heterocycles. The van der Waals surface area contributed by atoms with Crippen molar-refractivity contribution in [3.05, 3.63) is 29.8 Å². The fourth-order valence-corrected chi connectivity index (χ4v) is 1.55. The van der Waals surface area contributed by atoms with Crippen LogP contribution in [0, 0.1) is 11.6 Å². The van der Waals surface area contributed by atoms with Gasteiger partial charge in [-0.1, -0.05) is 6.07 Å². The van der Waals surface area contributed by atoms with E-state index in [2.05, 4.69) is 10.6 Å². The number of para-hydroxylation sites is 1. The van der Waals surface area contributed by atoms with Gasteiger partial charge in [-0.15, -0.1) is 0 Å². The van der Waals surface area contributed by atoms with Crippen molar-refractivity contribution >= 4 is 17.5 Å². The lowest BCUT2D eigenvalue weighted by molar-refractivity contribution is -0.118. The quantitative estimate of drug-likeness (QED) is 0.626. The summed E-state index contributed by atoms with van der Waals surface area (Å²) in [5, 5.41) is 4.97. The molecule has 110 valence electrons. The van der Waals surface area contributed by atoms with E-state index in [1.54, 1.807) is 0 Å². The third-order valence-electron chi connectivity index (χ3n) is 2.54. The molecule has 2 amide bonds. The number of nitrogens with two attached hydrogens (primary N) is 1. The Kier molecular flexibility index (Phi) is 6.58. The summed E-state index contributed by atoms with van der Waals surface area (Å²) in [6.45, 7) is 0.449. The van der Waals surface area contributed by atoms with Crippen LogP contribution in [-0.4, -0.2) is 24.9 Å². The monoisotopic (exact) mass is 285 g/mol. The standard InChI is InChI=1S/C13H17F2N3O2/c14-9-4-3-5-10(15)13(9)18-12(20)8-17-7-2-1-6-11(16)19/h3-5,17H,1-2,6-8H2,(H2,16,19)(H,18,20). The highest BCUT2D eigenvalue weighted by atomic mass is 19.1. The molecular formula is C13H17F2N3O2. The molecule has 0 bridgehead atoms. The molecule has 4 N–H and O–H groups in total. The van der Waals surface area contributed by atoms with Crippen LogP contribution >= 0.6 is 0 Å². The Morgan fingerprint density at radius 3 is 2.40 bits per heavy atom. The van der Waals surface area contributed by atoms with Crippen molar-refractivity contribution in [1.82, 2.24) is 5.32 Å². The molecule has 7 heteroatoms. The highest BCUT2D eigenvalue weighted by Gasteiger charge is 2.11. The van der Waals surface area contributed by atoms with Gasteiger partial charge in [-0.25, -0.2) is 8.78 Å². The highest BCUT2D eigenvalue weighted by molar-refractivity contribution is 5.92. The average Bonchev–Trinajstić information content (AvgIpc) is 2.38. The van der Waals surface area contributed by atoms with E-state index >= 15 is 0 Å². The van der Waals surface area contributed by atoms with E-state index in [1.807, 2.05) is 0 Å². The third kappa shape index (κ3) is 5.75. The second kappa shape index (κ2) is 8.21. The Labute approximate surface area is 115 Å². The molecule has 1 aromatic carbocycles. The molecule has 0 aliphatic carbocycles. The van der Waals surface area contributed by atoms with Gasteiger partial charge in [-0.3, -0.25) is 9.59 Å². The number of unbranched alkanes of at least 4 members (excludes halogenated alkanes) is 1. The van der Waals surface area contributed by atoms with Gasteiger partial charge >= 0.3 is 0 Å². The largest absolute Gasteiger partial charge is 0.370 e. The second-order valence-corrected chi connectivity index (χ2v) is 4.25. The molecule has 0 radical (unpaired) electrons. The summed E-state index contributed by atoms with van der Waals surface area (Å²) in [6, 6.07) is 3.35. The minimum Gasteiger partial charge on any atom is -0.370 e. The Hall–Kier alpha value is -2.02. The van der Waals surface area contributed by atoms with Crippen LogP contribution in [0.15, 0.2) is 18.2 Å². The average molecular weight is 285 g/mol. The number of hydrogen-bond acceptors (Lipinski definition) is 3. The molecule has 0 aliphatic heterocycles. The van der Waals surface area contributed by atoms with Crippen molar-refractivity contribution in [3.63, 3.8) is 0 Å². The molecule has 0 spiro atoms. The van der Waals surface area contributed by atoms with Gasteiger partial charge in [0.15, 0.2) is 0 Å². The van der Waals surface area contributed by atoms with Crippen LogP contribution in [0.1, 0.15) is 19.3 Å². The number of carbonyl (C=O) groups excluding carboxylic acids is 2. The number of hydrogen-bond donors (Lipinski definition) is 3. The van der Waals surface area contributed by atoms with E-state index < -0.39 is 23.2 Å². The van der Waals surface area contributed by atoms with E-state index in [1.165, 1.54) is 6.07 Å². The number of halogens is 2. The van der Waals surface area contributed by atoms with Crippen LogP contribution < -0.4 is 16.4 Å². The zero-order chi connectivity index (χ0) is 15.0. The lowest BCUT2D eigenvalue weighted by Gasteiger charge is -2.08. The first kappa shape index (κ1) is 16.0. The number of amides is 2. The Morgan fingerprint density at radius 1 is 1.15 bits per heavy atom. The van der Waals surface area contributed by atoms with Crippen LogP contribution in [-0.2, 0) is 9.59 Å².